The van der Waals surface area contributed by atoms with Crippen LogP contribution in [0.25, 0.3) is 22.2 Å². The Morgan fingerprint density at radius 2 is 1.59 bits per heavy atom. The SMILES string of the molecule is O=C(NNC(=O)c1cc(-c2ccccc2)nc2ccccc12)c1ccoc1. The van der Waals surface area contributed by atoms with Gasteiger partial charge < -0.3 is 4.42 Å². The topological polar surface area (TPSA) is 84.2 Å². The number of hydrazine groups is 1. The van der Waals surface area contributed by atoms with E-state index in [-0.39, 0.29) is 0 Å². The number of hydrogen-bond acceptors (Lipinski definition) is 4. The van der Waals surface area contributed by atoms with E-state index in [0.717, 1.165) is 5.56 Å². The van der Waals surface area contributed by atoms with E-state index >= 15 is 0 Å². The minimum absolute atomic E-state index is 0.319. The summed E-state index contributed by atoms with van der Waals surface area (Å²) in [4.78, 5) is 29.4. The van der Waals surface area contributed by atoms with Gasteiger partial charge in [-0.05, 0) is 18.2 Å². The molecule has 132 valence electrons. The molecule has 0 aliphatic rings. The van der Waals surface area contributed by atoms with Gasteiger partial charge in [0.25, 0.3) is 11.8 Å². The van der Waals surface area contributed by atoms with E-state index < -0.39 is 11.8 Å². The number of pyridine rings is 1. The maximum atomic E-state index is 12.7. The Kier molecular flexibility index (Phi) is 4.37. The molecule has 0 spiro atoms. The van der Waals surface area contributed by atoms with Gasteiger partial charge in [0.05, 0.1) is 28.6 Å². The van der Waals surface area contributed by atoms with Gasteiger partial charge in [-0.25, -0.2) is 4.98 Å². The van der Waals surface area contributed by atoms with Gasteiger partial charge in [0.2, 0.25) is 0 Å². The fourth-order valence-corrected chi connectivity index (χ4v) is 2.77. The van der Waals surface area contributed by atoms with Crippen LogP contribution < -0.4 is 10.9 Å². The number of amides is 2. The van der Waals surface area contributed by atoms with E-state index in [9.17, 15) is 9.59 Å². The number of nitrogens with one attached hydrogen (secondary N) is 2. The van der Waals surface area contributed by atoms with Crippen LogP contribution in [0.2, 0.25) is 0 Å². The molecule has 6 nitrogen and oxygen atoms in total. The lowest BCUT2D eigenvalue weighted by Crippen LogP contribution is -2.41. The molecule has 2 amide bonds. The highest BCUT2D eigenvalue weighted by Crippen LogP contribution is 2.24. The maximum Gasteiger partial charge on any atom is 0.272 e. The molecule has 0 bridgehead atoms. The molecule has 2 aromatic heterocycles. The van der Waals surface area contributed by atoms with E-state index in [1.807, 2.05) is 54.6 Å². The summed E-state index contributed by atoms with van der Waals surface area (Å²) in [7, 11) is 0. The molecule has 2 N–H and O–H groups in total. The summed E-state index contributed by atoms with van der Waals surface area (Å²) in [5.41, 5.74) is 7.86. The average molecular weight is 357 g/mol. The van der Waals surface area contributed by atoms with E-state index in [4.69, 9.17) is 4.42 Å². The molecule has 0 fully saturated rings. The Bertz CT molecular complexity index is 1110. The highest BCUT2D eigenvalue weighted by Gasteiger charge is 2.15. The third kappa shape index (κ3) is 3.41. The number of hydrogen-bond donors (Lipinski definition) is 2. The summed E-state index contributed by atoms with van der Waals surface area (Å²) < 4.78 is 4.87. The van der Waals surface area contributed by atoms with Gasteiger partial charge in [0.1, 0.15) is 6.26 Å². The van der Waals surface area contributed by atoms with Gasteiger partial charge in [-0.15, -0.1) is 0 Å². The van der Waals surface area contributed by atoms with Crippen molar-refractivity contribution in [2.45, 2.75) is 0 Å². The zero-order valence-corrected chi connectivity index (χ0v) is 14.2. The third-order valence-corrected chi connectivity index (χ3v) is 4.10. The second kappa shape index (κ2) is 7.13. The third-order valence-electron chi connectivity index (χ3n) is 4.10. The summed E-state index contributed by atoms with van der Waals surface area (Å²) in [5.74, 6) is -0.888. The molecule has 27 heavy (non-hydrogen) atoms. The number of benzene rings is 2. The first-order valence-corrected chi connectivity index (χ1v) is 8.30. The van der Waals surface area contributed by atoms with Crippen LogP contribution >= 0.6 is 0 Å². The molecule has 0 saturated heterocycles. The fraction of sp³-hybridized carbons (Fsp3) is 0. The van der Waals surface area contributed by atoms with Crippen LogP contribution in [0.1, 0.15) is 20.7 Å². The number of para-hydroxylation sites is 1. The minimum atomic E-state index is -0.459. The largest absolute Gasteiger partial charge is 0.472 e. The maximum absolute atomic E-state index is 12.7. The van der Waals surface area contributed by atoms with Crippen molar-refractivity contribution in [3.05, 3.63) is 90.4 Å². The van der Waals surface area contributed by atoms with Crippen molar-refractivity contribution in [1.82, 2.24) is 15.8 Å². The van der Waals surface area contributed by atoms with Crippen molar-refractivity contribution in [3.63, 3.8) is 0 Å². The number of carbonyl (C=O) groups excluding carboxylic acids is 2. The molecule has 2 aromatic carbocycles. The number of furan rings is 1. The predicted molar refractivity (Wildman–Crippen MR) is 101 cm³/mol. The van der Waals surface area contributed by atoms with Crippen LogP contribution in [-0.2, 0) is 0 Å². The number of rotatable bonds is 3. The van der Waals surface area contributed by atoms with Crippen molar-refractivity contribution >= 4 is 22.7 Å². The number of fused-ring (bicyclic) bond motifs is 1. The lowest BCUT2D eigenvalue weighted by molar-refractivity contribution is 0.0847. The van der Waals surface area contributed by atoms with Gasteiger partial charge in [-0.2, -0.15) is 0 Å². The van der Waals surface area contributed by atoms with Crippen LogP contribution in [0.4, 0.5) is 0 Å². The van der Waals surface area contributed by atoms with Crippen molar-refractivity contribution < 1.29 is 14.0 Å². The second-order valence-corrected chi connectivity index (χ2v) is 5.86. The number of carbonyl (C=O) groups is 2. The first kappa shape index (κ1) is 16.5. The van der Waals surface area contributed by atoms with Crippen LogP contribution in [-0.4, -0.2) is 16.8 Å². The van der Waals surface area contributed by atoms with E-state index in [1.54, 1.807) is 6.07 Å². The van der Waals surface area contributed by atoms with Crippen LogP contribution in [0.5, 0.6) is 0 Å². The van der Waals surface area contributed by atoms with Crippen molar-refractivity contribution in [2.75, 3.05) is 0 Å². The molecular weight excluding hydrogens is 342 g/mol. The van der Waals surface area contributed by atoms with Gasteiger partial charge in [0.15, 0.2) is 0 Å². The molecule has 0 saturated carbocycles. The standard InChI is InChI=1S/C21H15N3O3/c25-20(15-10-11-27-13-15)23-24-21(26)17-12-19(14-6-2-1-3-7-14)22-18-9-5-4-8-16(17)18/h1-13H,(H,23,25)(H,24,26). The number of nitrogens with zero attached hydrogens (tertiary/aromatic N) is 1. The lowest BCUT2D eigenvalue weighted by Gasteiger charge is -2.11. The molecule has 0 aliphatic carbocycles. The van der Waals surface area contributed by atoms with Crippen molar-refractivity contribution in [1.29, 1.82) is 0 Å². The minimum Gasteiger partial charge on any atom is -0.472 e. The Labute approximate surface area is 154 Å². The average Bonchev–Trinajstić information content (AvgIpc) is 3.26. The predicted octanol–water partition coefficient (Wildman–Crippen LogP) is 3.57. The van der Waals surface area contributed by atoms with E-state index in [0.29, 0.717) is 27.7 Å². The highest BCUT2D eigenvalue weighted by molar-refractivity contribution is 6.08. The Hall–Kier alpha value is -3.93. The quantitative estimate of drug-likeness (QED) is 0.549. The molecule has 0 unspecified atom stereocenters. The molecule has 6 heteroatoms. The summed E-state index contributed by atoms with van der Waals surface area (Å²) in [6.45, 7) is 0. The first-order valence-electron chi connectivity index (χ1n) is 8.30. The van der Waals surface area contributed by atoms with Gasteiger partial charge in [-0.3, -0.25) is 20.4 Å². The lowest BCUT2D eigenvalue weighted by atomic mass is 10.0. The molecule has 0 radical (unpaired) electrons. The molecular formula is C21H15N3O3. The van der Waals surface area contributed by atoms with Crippen molar-refractivity contribution in [2.24, 2.45) is 0 Å². The van der Waals surface area contributed by atoms with Crippen LogP contribution in [0.3, 0.4) is 0 Å². The highest BCUT2D eigenvalue weighted by atomic mass is 16.3. The Morgan fingerprint density at radius 1 is 0.852 bits per heavy atom. The fourth-order valence-electron chi connectivity index (χ4n) is 2.77. The summed E-state index contributed by atoms with van der Waals surface area (Å²) in [5, 5.41) is 0.701. The molecule has 4 rings (SSSR count). The van der Waals surface area contributed by atoms with Crippen LogP contribution in [0.15, 0.2) is 83.7 Å². The molecule has 0 aliphatic heterocycles. The summed E-state index contributed by atoms with van der Waals surface area (Å²) >= 11 is 0. The number of aromatic nitrogens is 1. The summed E-state index contributed by atoms with van der Waals surface area (Å²) in [6, 6.07) is 20.2. The first-order chi connectivity index (χ1) is 13.2. The molecule has 4 aromatic rings. The van der Waals surface area contributed by atoms with E-state index in [1.165, 1.54) is 18.6 Å². The smallest absolute Gasteiger partial charge is 0.272 e. The molecule has 2 heterocycles. The normalized spacial score (nSPS) is 10.5. The zero-order valence-electron chi connectivity index (χ0n) is 14.2. The van der Waals surface area contributed by atoms with Gasteiger partial charge in [-0.1, -0.05) is 48.5 Å². The Balaban J connectivity index is 1.67. The zero-order chi connectivity index (χ0) is 18.6. The van der Waals surface area contributed by atoms with Crippen molar-refractivity contribution in [3.8, 4) is 11.3 Å². The Morgan fingerprint density at radius 3 is 2.37 bits per heavy atom. The second-order valence-electron chi connectivity index (χ2n) is 5.86. The van der Waals surface area contributed by atoms with Gasteiger partial charge >= 0.3 is 0 Å². The summed E-state index contributed by atoms with van der Waals surface area (Å²) in [6.07, 6.45) is 2.69. The molecule has 0 atom stereocenters. The monoisotopic (exact) mass is 357 g/mol. The van der Waals surface area contributed by atoms with E-state index in [2.05, 4.69) is 15.8 Å². The van der Waals surface area contributed by atoms with Crippen LogP contribution in [0, 0.1) is 0 Å². The van der Waals surface area contributed by atoms with Gasteiger partial charge in [0, 0.05) is 10.9 Å².